The fourth-order valence-corrected chi connectivity index (χ4v) is 5.09. The summed E-state index contributed by atoms with van der Waals surface area (Å²) in [6.07, 6.45) is 13.4. The van der Waals surface area contributed by atoms with Crippen LogP contribution in [0, 0.1) is 5.92 Å². The second kappa shape index (κ2) is 11.7. The second-order valence-electron chi connectivity index (χ2n) is 10.1. The normalized spacial score (nSPS) is 16.1. The van der Waals surface area contributed by atoms with Crippen LogP contribution in [0.15, 0.2) is 47.1 Å². The highest BCUT2D eigenvalue weighted by Crippen LogP contribution is 2.38. The van der Waals surface area contributed by atoms with Crippen LogP contribution in [0.25, 0.3) is 11.1 Å². The fourth-order valence-electron chi connectivity index (χ4n) is 5.09. The number of hydrogen-bond donors (Lipinski definition) is 0. The van der Waals surface area contributed by atoms with Gasteiger partial charge in [0, 0.05) is 42.8 Å². The van der Waals surface area contributed by atoms with E-state index in [1.165, 1.54) is 19.3 Å². The number of benzene rings is 1. The Morgan fingerprint density at radius 2 is 1.86 bits per heavy atom. The number of aryl methyl sites for hydroxylation is 1. The van der Waals surface area contributed by atoms with E-state index in [0.29, 0.717) is 11.8 Å². The molecule has 2 fully saturated rings. The number of hydrogen-bond acceptors (Lipinski definition) is 6. The summed E-state index contributed by atoms with van der Waals surface area (Å²) in [5.41, 5.74) is 3.04. The summed E-state index contributed by atoms with van der Waals surface area (Å²) >= 11 is 0. The number of amides is 1. The molecule has 0 unspecified atom stereocenters. The number of carbonyl (C=O) groups is 1. The Labute approximate surface area is 213 Å². The minimum atomic E-state index is 0.127. The Morgan fingerprint density at radius 1 is 1.03 bits per heavy atom. The molecule has 0 atom stereocenters. The zero-order valence-electron chi connectivity index (χ0n) is 21.2. The summed E-state index contributed by atoms with van der Waals surface area (Å²) in [5.74, 6) is 3.12. The van der Waals surface area contributed by atoms with Crippen molar-refractivity contribution < 1.29 is 14.1 Å². The third-order valence-electron chi connectivity index (χ3n) is 7.35. The Morgan fingerprint density at radius 3 is 2.67 bits per heavy atom. The van der Waals surface area contributed by atoms with Crippen molar-refractivity contribution in [2.75, 3.05) is 18.6 Å². The lowest BCUT2D eigenvalue weighted by Crippen LogP contribution is -2.38. The lowest BCUT2D eigenvalue weighted by molar-refractivity contribution is -0.123. The Bertz CT molecular complexity index is 1150. The van der Waals surface area contributed by atoms with Crippen LogP contribution < -0.4 is 9.64 Å². The molecular formula is C29H36N4O3. The number of rotatable bonds is 11. The van der Waals surface area contributed by atoms with Gasteiger partial charge in [-0.3, -0.25) is 4.79 Å². The van der Waals surface area contributed by atoms with E-state index < -0.39 is 0 Å². The molecule has 2 aromatic heterocycles. The summed E-state index contributed by atoms with van der Waals surface area (Å²) in [5, 5.41) is 4.11. The Kier molecular flexibility index (Phi) is 7.94. The van der Waals surface area contributed by atoms with Gasteiger partial charge in [0.05, 0.1) is 7.11 Å². The van der Waals surface area contributed by atoms with Crippen molar-refractivity contribution in [3.8, 4) is 17.0 Å². The van der Waals surface area contributed by atoms with Crippen molar-refractivity contribution in [2.24, 2.45) is 5.92 Å². The van der Waals surface area contributed by atoms with Crippen LogP contribution in [0.5, 0.6) is 5.88 Å². The van der Waals surface area contributed by atoms with Gasteiger partial charge in [0.1, 0.15) is 0 Å². The quantitative estimate of drug-likeness (QED) is 0.293. The first kappa shape index (κ1) is 24.5. The van der Waals surface area contributed by atoms with E-state index in [4.69, 9.17) is 9.26 Å². The number of methoxy groups -OCH3 is 1. The summed E-state index contributed by atoms with van der Waals surface area (Å²) in [6, 6.07) is 12.2. The van der Waals surface area contributed by atoms with Crippen molar-refractivity contribution in [2.45, 2.75) is 76.5 Å². The minimum absolute atomic E-state index is 0.127. The van der Waals surface area contributed by atoms with Gasteiger partial charge in [0.15, 0.2) is 5.82 Å². The molecule has 0 bridgehead atoms. The van der Waals surface area contributed by atoms with Crippen molar-refractivity contribution in [3.05, 3.63) is 54.3 Å². The highest BCUT2D eigenvalue weighted by Gasteiger charge is 2.29. The second-order valence-corrected chi connectivity index (χ2v) is 10.1. The predicted molar refractivity (Wildman–Crippen MR) is 139 cm³/mol. The van der Waals surface area contributed by atoms with E-state index in [1.54, 1.807) is 13.3 Å². The van der Waals surface area contributed by atoms with Gasteiger partial charge >= 0.3 is 0 Å². The average Bonchev–Trinajstić information content (AvgIpc) is 3.68. The zero-order chi connectivity index (χ0) is 24.7. The maximum Gasteiger partial charge on any atom is 0.230 e. The monoisotopic (exact) mass is 488 g/mol. The van der Waals surface area contributed by atoms with Crippen LogP contribution in [0.2, 0.25) is 0 Å². The van der Waals surface area contributed by atoms with E-state index in [1.807, 2.05) is 23.1 Å². The molecule has 2 aliphatic carbocycles. The van der Waals surface area contributed by atoms with Crippen LogP contribution in [0.1, 0.15) is 81.8 Å². The highest BCUT2D eigenvalue weighted by atomic mass is 16.5. The molecule has 5 rings (SSSR count). The smallest absolute Gasteiger partial charge is 0.230 e. The van der Waals surface area contributed by atoms with Gasteiger partial charge in [-0.1, -0.05) is 43.0 Å². The molecule has 0 saturated heterocycles. The molecule has 1 aromatic carbocycles. The molecule has 0 aliphatic heterocycles. The number of pyridine rings is 1. The lowest BCUT2D eigenvalue weighted by Gasteiger charge is -2.30. The molecule has 7 heteroatoms. The molecule has 190 valence electrons. The van der Waals surface area contributed by atoms with Gasteiger partial charge in [-0.25, -0.2) is 4.98 Å². The van der Waals surface area contributed by atoms with E-state index >= 15 is 0 Å². The van der Waals surface area contributed by atoms with Crippen molar-refractivity contribution in [1.82, 2.24) is 15.1 Å². The zero-order valence-corrected chi connectivity index (χ0v) is 21.2. The number of carbonyl (C=O) groups excluding carboxylic acids is 1. The average molecular weight is 489 g/mol. The van der Waals surface area contributed by atoms with Crippen LogP contribution in [-0.4, -0.2) is 34.7 Å². The molecule has 36 heavy (non-hydrogen) atoms. The van der Waals surface area contributed by atoms with Crippen molar-refractivity contribution in [3.63, 3.8) is 0 Å². The van der Waals surface area contributed by atoms with Crippen LogP contribution >= 0.6 is 0 Å². The standard InChI is InChI=1S/C29H36N4O3/c1-35-27-20-24(16-17-30-27)23-11-8-12-25(19-23)33(29(34)22-9-4-2-5-10-22)18-7-3-6-13-26-31-28(32-36-26)21-14-15-21/h8,11-12,16-17,19-22H,2-7,9-10,13-15,18H2,1H3. The van der Waals surface area contributed by atoms with Gasteiger partial charge in [-0.15, -0.1) is 0 Å². The van der Waals surface area contributed by atoms with Crippen LogP contribution in [0.3, 0.4) is 0 Å². The third kappa shape index (κ3) is 6.12. The number of ether oxygens (including phenoxy) is 1. The number of anilines is 1. The molecule has 0 N–H and O–H groups in total. The van der Waals surface area contributed by atoms with Crippen molar-refractivity contribution in [1.29, 1.82) is 0 Å². The molecule has 2 heterocycles. The SMILES string of the molecule is COc1cc(-c2cccc(N(CCCCCc3nc(C4CC4)no3)C(=O)C3CCCCC3)c2)ccn1. The third-order valence-corrected chi connectivity index (χ3v) is 7.35. The van der Waals surface area contributed by atoms with E-state index in [-0.39, 0.29) is 11.8 Å². The molecule has 2 saturated carbocycles. The summed E-state index contributed by atoms with van der Waals surface area (Å²) in [7, 11) is 1.62. The molecule has 0 radical (unpaired) electrons. The summed E-state index contributed by atoms with van der Waals surface area (Å²) in [4.78, 5) is 24.4. The summed E-state index contributed by atoms with van der Waals surface area (Å²) in [6.45, 7) is 0.718. The maximum atomic E-state index is 13.7. The van der Waals surface area contributed by atoms with E-state index in [2.05, 4.69) is 33.3 Å². The molecule has 3 aromatic rings. The number of nitrogens with zero attached hydrogens (tertiary/aromatic N) is 4. The topological polar surface area (TPSA) is 81.4 Å². The van der Waals surface area contributed by atoms with E-state index in [0.717, 1.165) is 86.4 Å². The first-order chi connectivity index (χ1) is 17.7. The van der Waals surface area contributed by atoms with Gasteiger partial charge in [-0.2, -0.15) is 4.98 Å². The molecule has 2 aliphatic rings. The number of unbranched alkanes of at least 4 members (excludes halogenated alkanes) is 2. The molecule has 7 nitrogen and oxygen atoms in total. The number of aromatic nitrogens is 3. The highest BCUT2D eigenvalue weighted by molar-refractivity contribution is 5.95. The predicted octanol–water partition coefficient (Wildman–Crippen LogP) is 6.34. The molecular weight excluding hydrogens is 452 g/mol. The lowest BCUT2D eigenvalue weighted by atomic mass is 9.88. The van der Waals surface area contributed by atoms with Gasteiger partial charge < -0.3 is 14.2 Å². The fraction of sp³-hybridized carbons (Fsp3) is 0.517. The van der Waals surface area contributed by atoms with Gasteiger partial charge in [0.25, 0.3) is 0 Å². The van der Waals surface area contributed by atoms with Crippen LogP contribution in [0.4, 0.5) is 5.69 Å². The molecule has 0 spiro atoms. The van der Waals surface area contributed by atoms with Crippen molar-refractivity contribution >= 4 is 11.6 Å². The first-order valence-electron chi connectivity index (χ1n) is 13.5. The molecule has 1 amide bonds. The Balaban J connectivity index is 1.25. The minimum Gasteiger partial charge on any atom is -0.481 e. The van der Waals surface area contributed by atoms with Gasteiger partial charge in [-0.05, 0) is 67.9 Å². The van der Waals surface area contributed by atoms with Gasteiger partial charge in [0.2, 0.25) is 17.7 Å². The summed E-state index contributed by atoms with van der Waals surface area (Å²) < 4.78 is 10.7. The first-order valence-corrected chi connectivity index (χ1v) is 13.5. The van der Waals surface area contributed by atoms with E-state index in [9.17, 15) is 4.79 Å². The largest absolute Gasteiger partial charge is 0.481 e. The maximum absolute atomic E-state index is 13.7. The van der Waals surface area contributed by atoms with Crippen LogP contribution in [-0.2, 0) is 11.2 Å². The Hall–Kier alpha value is -3.22.